The predicted octanol–water partition coefficient (Wildman–Crippen LogP) is 2.74. The fourth-order valence-electron chi connectivity index (χ4n) is 1.40. The number of aliphatic hydroxyl groups is 1. The summed E-state index contributed by atoms with van der Waals surface area (Å²) in [6, 6.07) is 11.2. The first kappa shape index (κ1) is 16.9. The van der Waals surface area contributed by atoms with E-state index in [0.717, 1.165) is 0 Å². The Morgan fingerprint density at radius 1 is 0.909 bits per heavy atom. The van der Waals surface area contributed by atoms with Gasteiger partial charge in [-0.25, -0.2) is 0 Å². The number of rotatable bonds is 4. The maximum Gasteiger partial charge on any atom is 0.269 e. The molecule has 1 N–H and O–H groups in total. The molecule has 2 aromatic rings. The predicted molar refractivity (Wildman–Crippen MR) is 79.6 cm³/mol. The van der Waals surface area contributed by atoms with E-state index in [0.29, 0.717) is 17.4 Å². The lowest BCUT2D eigenvalue weighted by Gasteiger charge is -1.93. The van der Waals surface area contributed by atoms with E-state index >= 15 is 0 Å². The van der Waals surface area contributed by atoms with E-state index in [9.17, 15) is 25.0 Å². The van der Waals surface area contributed by atoms with Gasteiger partial charge in [0, 0.05) is 31.3 Å². The van der Waals surface area contributed by atoms with Gasteiger partial charge < -0.3 is 5.11 Å². The van der Waals surface area contributed by atoms with E-state index in [1.165, 1.54) is 48.5 Å². The van der Waals surface area contributed by atoms with Crippen molar-refractivity contribution in [3.8, 4) is 0 Å². The fraction of sp³-hybridized carbons (Fsp3) is 0.0714. The Balaban J connectivity index is 0.000000403. The summed E-state index contributed by atoms with van der Waals surface area (Å²) in [6.45, 7) is -0.0853. The third-order valence-electron chi connectivity index (χ3n) is 2.57. The van der Waals surface area contributed by atoms with E-state index in [1.807, 2.05) is 0 Å². The number of benzene rings is 2. The number of carbonyl (C=O) groups excluding carboxylic acids is 1. The molecule has 0 aliphatic rings. The lowest BCUT2D eigenvalue weighted by Crippen LogP contribution is -1.88. The van der Waals surface area contributed by atoms with Crippen LogP contribution in [0.3, 0.4) is 0 Å². The zero-order chi connectivity index (χ0) is 16.5. The first-order valence-corrected chi connectivity index (χ1v) is 6.01. The zero-order valence-electron chi connectivity index (χ0n) is 11.3. The number of carbonyl (C=O) groups is 1. The molecule has 0 spiro atoms. The Labute approximate surface area is 126 Å². The standard InChI is InChI=1S/C7H7NO3.C7H5NO3.H2/c2*9-5-6-1-3-7(4-2-6)8(10)11;/h1-4,9H,5H2;1-5H;1H. The van der Waals surface area contributed by atoms with Gasteiger partial charge in [-0.2, -0.15) is 0 Å². The summed E-state index contributed by atoms with van der Waals surface area (Å²) in [7, 11) is 0. The van der Waals surface area contributed by atoms with Crippen LogP contribution in [0.4, 0.5) is 11.4 Å². The summed E-state index contributed by atoms with van der Waals surface area (Å²) >= 11 is 0. The molecule has 2 aromatic carbocycles. The molecule has 0 aromatic heterocycles. The second-order valence-corrected chi connectivity index (χ2v) is 4.05. The van der Waals surface area contributed by atoms with Gasteiger partial charge in [0.15, 0.2) is 0 Å². The molecule has 0 aliphatic heterocycles. The number of non-ortho nitro benzene ring substituents is 2. The van der Waals surface area contributed by atoms with Crippen LogP contribution < -0.4 is 0 Å². The SMILES string of the molecule is O=Cc1ccc([N+](=O)[O-])cc1.O=[N+]([O-])c1ccc(CO)cc1.[HH]. The van der Waals surface area contributed by atoms with Gasteiger partial charge >= 0.3 is 0 Å². The quantitative estimate of drug-likeness (QED) is 0.526. The molecule has 0 heterocycles. The molecule has 2 rings (SSSR count). The van der Waals surface area contributed by atoms with E-state index < -0.39 is 9.85 Å². The molecule has 0 bridgehead atoms. The first-order chi connectivity index (χ1) is 10.5. The van der Waals surface area contributed by atoms with Crippen LogP contribution >= 0.6 is 0 Å². The van der Waals surface area contributed by atoms with Crippen molar-refractivity contribution in [1.82, 2.24) is 0 Å². The summed E-state index contributed by atoms with van der Waals surface area (Å²) in [5, 5.41) is 28.9. The van der Waals surface area contributed by atoms with Gasteiger partial charge in [0.05, 0.1) is 16.5 Å². The van der Waals surface area contributed by atoms with Crippen LogP contribution in [0.15, 0.2) is 48.5 Å². The molecular weight excluding hydrogens is 292 g/mol. The van der Waals surface area contributed by atoms with Gasteiger partial charge in [-0.3, -0.25) is 25.0 Å². The number of nitro groups is 2. The molecule has 0 atom stereocenters. The van der Waals surface area contributed by atoms with Crippen molar-refractivity contribution < 1.29 is 21.2 Å². The Bertz CT molecular complexity index is 658. The molecule has 0 fully saturated rings. The van der Waals surface area contributed by atoms with Crippen molar-refractivity contribution in [3.63, 3.8) is 0 Å². The molecule has 0 radical (unpaired) electrons. The van der Waals surface area contributed by atoms with E-state index in [2.05, 4.69) is 0 Å². The molecule has 0 saturated heterocycles. The topological polar surface area (TPSA) is 124 Å². The van der Waals surface area contributed by atoms with Crippen molar-refractivity contribution in [2.75, 3.05) is 0 Å². The summed E-state index contributed by atoms with van der Waals surface area (Å²) in [4.78, 5) is 29.4. The van der Waals surface area contributed by atoms with Crippen molar-refractivity contribution >= 4 is 17.7 Å². The fourth-order valence-corrected chi connectivity index (χ4v) is 1.40. The molecule has 0 amide bonds. The minimum absolute atomic E-state index is 0. The highest BCUT2D eigenvalue weighted by molar-refractivity contribution is 5.75. The van der Waals surface area contributed by atoms with Crippen LogP contribution in [0, 0.1) is 20.2 Å². The van der Waals surface area contributed by atoms with E-state index in [4.69, 9.17) is 5.11 Å². The lowest BCUT2D eigenvalue weighted by molar-refractivity contribution is -0.385. The monoisotopic (exact) mass is 306 g/mol. The highest BCUT2D eigenvalue weighted by Crippen LogP contribution is 2.11. The minimum Gasteiger partial charge on any atom is -0.392 e. The smallest absolute Gasteiger partial charge is 0.269 e. The van der Waals surface area contributed by atoms with Crippen molar-refractivity contribution in [2.24, 2.45) is 0 Å². The van der Waals surface area contributed by atoms with E-state index in [1.54, 1.807) is 0 Å². The van der Waals surface area contributed by atoms with E-state index in [-0.39, 0.29) is 19.4 Å². The van der Waals surface area contributed by atoms with Gasteiger partial charge in [-0.05, 0) is 29.8 Å². The van der Waals surface area contributed by atoms with Gasteiger partial charge in [-0.1, -0.05) is 0 Å². The molecule has 116 valence electrons. The molecule has 8 heteroatoms. The first-order valence-electron chi connectivity index (χ1n) is 6.01. The minimum atomic E-state index is -0.505. The summed E-state index contributed by atoms with van der Waals surface area (Å²) < 4.78 is 0. The van der Waals surface area contributed by atoms with Crippen molar-refractivity contribution in [1.29, 1.82) is 0 Å². The molecule has 22 heavy (non-hydrogen) atoms. The number of aliphatic hydroxyl groups excluding tert-OH is 1. The lowest BCUT2D eigenvalue weighted by atomic mass is 10.2. The van der Waals surface area contributed by atoms with Gasteiger partial charge in [0.25, 0.3) is 11.4 Å². The van der Waals surface area contributed by atoms with Crippen molar-refractivity contribution in [3.05, 3.63) is 79.9 Å². The Morgan fingerprint density at radius 2 is 1.32 bits per heavy atom. The van der Waals surface area contributed by atoms with Crippen LogP contribution in [0.5, 0.6) is 0 Å². The highest BCUT2D eigenvalue weighted by atomic mass is 16.6. The molecule has 0 unspecified atom stereocenters. The second-order valence-electron chi connectivity index (χ2n) is 4.05. The molecule has 8 nitrogen and oxygen atoms in total. The number of aldehydes is 1. The van der Waals surface area contributed by atoms with Crippen LogP contribution in [0.1, 0.15) is 17.3 Å². The van der Waals surface area contributed by atoms with Crippen LogP contribution in [0.2, 0.25) is 0 Å². The summed E-state index contributed by atoms with van der Waals surface area (Å²) in [6.07, 6.45) is 0.643. The number of nitro benzene ring substituents is 2. The van der Waals surface area contributed by atoms with Gasteiger partial charge in [0.1, 0.15) is 6.29 Å². The number of hydrogen-bond acceptors (Lipinski definition) is 6. The van der Waals surface area contributed by atoms with Crippen molar-refractivity contribution in [2.45, 2.75) is 6.61 Å². The largest absolute Gasteiger partial charge is 0.392 e. The maximum absolute atomic E-state index is 10.1. The Kier molecular flexibility index (Phi) is 6.32. The molecule has 0 aliphatic carbocycles. The number of hydrogen-bond donors (Lipinski definition) is 1. The highest BCUT2D eigenvalue weighted by Gasteiger charge is 2.02. The molecule has 0 saturated carbocycles. The average molecular weight is 306 g/mol. The maximum atomic E-state index is 10.1. The Hall–Kier alpha value is -3.13. The zero-order valence-corrected chi connectivity index (χ0v) is 11.3. The normalized spacial score (nSPS) is 9.32. The number of nitrogens with zero attached hydrogens (tertiary/aromatic N) is 2. The average Bonchev–Trinajstić information content (AvgIpc) is 2.55. The third kappa shape index (κ3) is 5.10. The summed E-state index contributed by atoms with van der Waals surface area (Å²) in [5.41, 5.74) is 1.16. The third-order valence-corrected chi connectivity index (χ3v) is 2.57. The van der Waals surface area contributed by atoms with Crippen LogP contribution in [-0.4, -0.2) is 21.2 Å². The summed E-state index contributed by atoms with van der Waals surface area (Å²) in [5.74, 6) is 0. The Morgan fingerprint density at radius 3 is 1.64 bits per heavy atom. The van der Waals surface area contributed by atoms with Crippen LogP contribution in [0.25, 0.3) is 0 Å². The second kappa shape index (κ2) is 8.22. The molecular formula is C14H14N2O6. The van der Waals surface area contributed by atoms with Gasteiger partial charge in [0.2, 0.25) is 0 Å². The van der Waals surface area contributed by atoms with Crippen LogP contribution in [-0.2, 0) is 6.61 Å². The van der Waals surface area contributed by atoms with Gasteiger partial charge in [-0.15, -0.1) is 0 Å².